The number of pyridine rings is 1. The van der Waals surface area contributed by atoms with Gasteiger partial charge in [0.2, 0.25) is 5.91 Å². The van der Waals surface area contributed by atoms with E-state index in [9.17, 15) is 19.5 Å². The Morgan fingerprint density at radius 1 is 0.960 bits per heavy atom. The van der Waals surface area contributed by atoms with Crippen LogP contribution in [0.15, 0.2) is 30.5 Å². The van der Waals surface area contributed by atoms with Crippen LogP contribution in [0.2, 0.25) is 5.02 Å². The molecule has 1 aromatic rings. The average molecular weight is 709 g/mol. The molecule has 5 saturated carbocycles. The summed E-state index contributed by atoms with van der Waals surface area (Å²) in [4.78, 5) is 43.6. The lowest BCUT2D eigenvalue weighted by molar-refractivity contribution is -0.249. The number of aromatic nitrogens is 1. The lowest BCUT2D eigenvalue weighted by atomic mass is 9.32. The molecule has 2 N–H and O–H groups in total. The van der Waals surface area contributed by atoms with Crippen molar-refractivity contribution in [1.29, 1.82) is 0 Å². The number of aliphatic carboxylic acids is 1. The number of carboxylic acid groups (broad SMARTS) is 1. The van der Waals surface area contributed by atoms with E-state index in [1.54, 1.807) is 20.0 Å². The summed E-state index contributed by atoms with van der Waals surface area (Å²) in [5.41, 5.74) is 0.620. The number of nitrogens with zero attached hydrogens (tertiary/aromatic N) is 1. The SMILES string of the molecule is C=C(C)[C@@H]1CC[C@]2(C(=O)NCc3ccc(Cl)cn3)CC[C@]3(C)[C@H](CC[C@@H]4[C@@]5(C)CC[C@H](OC(=O)CC(C)(C)C(=O)O)C(C)(C)[C@@H]5CC[C@]43C)[C@@H]12. The lowest BCUT2D eigenvalue weighted by Crippen LogP contribution is -2.67. The van der Waals surface area contributed by atoms with Crippen molar-refractivity contribution in [2.45, 2.75) is 139 Å². The van der Waals surface area contributed by atoms with Gasteiger partial charge in [-0.1, -0.05) is 58.4 Å². The number of carboxylic acids is 1. The van der Waals surface area contributed by atoms with Gasteiger partial charge in [-0.15, -0.1) is 0 Å². The van der Waals surface area contributed by atoms with Gasteiger partial charge < -0.3 is 15.2 Å². The predicted octanol–water partition coefficient (Wildman–Crippen LogP) is 9.42. The van der Waals surface area contributed by atoms with E-state index < -0.39 is 17.4 Å². The van der Waals surface area contributed by atoms with E-state index in [0.717, 1.165) is 69.9 Å². The van der Waals surface area contributed by atoms with Crippen molar-refractivity contribution in [3.05, 3.63) is 41.2 Å². The second-order valence-electron chi connectivity index (χ2n) is 19.2. The molecule has 1 aromatic heterocycles. The molecule has 50 heavy (non-hydrogen) atoms. The number of amides is 1. The number of esters is 1. The van der Waals surface area contributed by atoms with Crippen LogP contribution in [0.5, 0.6) is 0 Å². The molecule has 1 amide bonds. The third-order valence-electron chi connectivity index (χ3n) is 16.1. The highest BCUT2D eigenvalue weighted by Crippen LogP contribution is 2.77. The smallest absolute Gasteiger partial charge is 0.309 e. The molecule has 1 heterocycles. The first-order valence-electron chi connectivity index (χ1n) is 19.2. The van der Waals surface area contributed by atoms with Crippen molar-refractivity contribution in [3.8, 4) is 0 Å². The van der Waals surface area contributed by atoms with Gasteiger partial charge in [0.05, 0.1) is 34.5 Å². The number of fused-ring (bicyclic) bond motifs is 7. The molecule has 5 fully saturated rings. The Hall–Kier alpha value is -2.41. The van der Waals surface area contributed by atoms with Gasteiger partial charge in [-0.3, -0.25) is 19.4 Å². The summed E-state index contributed by atoms with van der Waals surface area (Å²) in [6, 6.07) is 3.71. The Morgan fingerprint density at radius 2 is 1.68 bits per heavy atom. The molecule has 6 rings (SSSR count). The van der Waals surface area contributed by atoms with Crippen molar-refractivity contribution in [3.63, 3.8) is 0 Å². The van der Waals surface area contributed by atoms with Crippen LogP contribution in [-0.4, -0.2) is 34.0 Å². The minimum atomic E-state index is -1.15. The molecule has 7 nitrogen and oxygen atoms in total. The molecule has 0 spiro atoms. The van der Waals surface area contributed by atoms with Gasteiger partial charge in [0, 0.05) is 11.6 Å². The number of ether oxygens (including phenoxy) is 1. The van der Waals surface area contributed by atoms with Gasteiger partial charge in [-0.05, 0) is 143 Å². The first-order valence-corrected chi connectivity index (χ1v) is 19.6. The minimum absolute atomic E-state index is 0.101. The molecular formula is C42H61ClN2O5. The Labute approximate surface area is 305 Å². The fraction of sp³-hybridized carbons (Fsp3) is 0.762. The van der Waals surface area contributed by atoms with E-state index in [1.807, 2.05) is 12.1 Å². The van der Waals surface area contributed by atoms with Gasteiger partial charge in [0.15, 0.2) is 0 Å². The molecule has 0 radical (unpaired) electrons. The number of allylic oxidation sites excluding steroid dienone is 1. The number of hydrogen-bond donors (Lipinski definition) is 2. The highest BCUT2D eigenvalue weighted by molar-refractivity contribution is 6.30. The highest BCUT2D eigenvalue weighted by atomic mass is 35.5. The monoisotopic (exact) mass is 708 g/mol. The summed E-state index contributed by atoms with van der Waals surface area (Å²) in [5, 5.41) is 13.5. The van der Waals surface area contributed by atoms with Gasteiger partial charge in [-0.25, -0.2) is 0 Å². The van der Waals surface area contributed by atoms with Crippen molar-refractivity contribution in [2.24, 2.45) is 62.1 Å². The second kappa shape index (κ2) is 12.6. The average Bonchev–Trinajstić information content (AvgIpc) is 3.43. The van der Waals surface area contributed by atoms with Crippen molar-refractivity contribution < 1.29 is 24.2 Å². The van der Waals surface area contributed by atoms with Crippen LogP contribution in [0, 0.1) is 62.1 Å². The molecule has 5 aliphatic carbocycles. The molecular weight excluding hydrogens is 648 g/mol. The van der Waals surface area contributed by atoms with E-state index in [4.69, 9.17) is 16.3 Å². The highest BCUT2D eigenvalue weighted by Gasteiger charge is 2.72. The molecule has 5 aliphatic rings. The normalized spacial score (nSPS) is 40.3. The largest absolute Gasteiger partial charge is 0.481 e. The van der Waals surface area contributed by atoms with Crippen LogP contribution in [0.3, 0.4) is 0 Å². The fourth-order valence-corrected chi connectivity index (χ4v) is 13.3. The van der Waals surface area contributed by atoms with Crippen molar-refractivity contribution in [1.82, 2.24) is 10.3 Å². The zero-order valence-corrected chi connectivity index (χ0v) is 32.5. The zero-order chi connectivity index (χ0) is 36.7. The predicted molar refractivity (Wildman–Crippen MR) is 196 cm³/mol. The number of halogens is 1. The second-order valence-corrected chi connectivity index (χ2v) is 19.6. The first-order chi connectivity index (χ1) is 23.2. The molecule has 0 aliphatic heterocycles. The van der Waals surface area contributed by atoms with Crippen LogP contribution in [-0.2, 0) is 25.7 Å². The Balaban J connectivity index is 1.25. The molecule has 0 unspecified atom stereocenters. The van der Waals surface area contributed by atoms with E-state index >= 15 is 0 Å². The number of rotatable bonds is 8. The molecule has 276 valence electrons. The van der Waals surface area contributed by atoms with Gasteiger partial charge in [-0.2, -0.15) is 0 Å². The Morgan fingerprint density at radius 3 is 2.32 bits per heavy atom. The molecule has 8 heteroatoms. The van der Waals surface area contributed by atoms with Gasteiger partial charge in [0.1, 0.15) is 6.10 Å². The zero-order valence-electron chi connectivity index (χ0n) is 31.8. The Bertz CT molecular complexity index is 1540. The maximum absolute atomic E-state index is 14.4. The first kappa shape index (κ1) is 37.4. The van der Waals surface area contributed by atoms with Gasteiger partial charge in [0.25, 0.3) is 0 Å². The summed E-state index contributed by atoms with van der Waals surface area (Å²) < 4.78 is 6.16. The maximum Gasteiger partial charge on any atom is 0.309 e. The fourth-order valence-electron chi connectivity index (χ4n) is 13.2. The van der Waals surface area contributed by atoms with E-state index in [-0.39, 0.29) is 51.4 Å². The topological polar surface area (TPSA) is 106 Å². The van der Waals surface area contributed by atoms with E-state index in [1.165, 1.54) is 5.57 Å². The molecule has 0 saturated heterocycles. The lowest BCUT2D eigenvalue weighted by Gasteiger charge is -2.72. The maximum atomic E-state index is 14.4. The number of hydrogen-bond acceptors (Lipinski definition) is 5. The quantitative estimate of drug-likeness (QED) is 0.206. The van der Waals surface area contributed by atoms with E-state index in [0.29, 0.717) is 35.2 Å². The molecule has 0 bridgehead atoms. The van der Waals surface area contributed by atoms with Crippen molar-refractivity contribution in [2.75, 3.05) is 0 Å². The summed E-state index contributed by atoms with van der Waals surface area (Å²) in [6.45, 7) is 22.6. The number of carbonyl (C=O) groups excluding carboxylic acids is 2. The van der Waals surface area contributed by atoms with Crippen LogP contribution < -0.4 is 5.32 Å². The summed E-state index contributed by atoms with van der Waals surface area (Å²) in [5.74, 6) is 0.816. The van der Waals surface area contributed by atoms with Gasteiger partial charge >= 0.3 is 11.9 Å². The van der Waals surface area contributed by atoms with Crippen LogP contribution >= 0.6 is 11.6 Å². The number of nitrogens with one attached hydrogen (secondary N) is 1. The van der Waals surface area contributed by atoms with Crippen LogP contribution in [0.4, 0.5) is 0 Å². The molecule has 10 atom stereocenters. The minimum Gasteiger partial charge on any atom is -0.481 e. The summed E-state index contributed by atoms with van der Waals surface area (Å²) >= 11 is 6.07. The Kier molecular flexibility index (Phi) is 9.43. The summed E-state index contributed by atoms with van der Waals surface area (Å²) in [7, 11) is 0. The third kappa shape index (κ3) is 5.66. The molecule has 0 aromatic carbocycles. The summed E-state index contributed by atoms with van der Waals surface area (Å²) in [6.07, 6.45) is 11.5. The third-order valence-corrected chi connectivity index (χ3v) is 16.3. The van der Waals surface area contributed by atoms with E-state index in [2.05, 4.69) is 58.4 Å². The standard InChI is InChI=1S/C42H61ClN2O5/c1-25(2)28-14-19-42(35(47)45-24-27-11-10-26(43)23-44-27)21-20-40(8)29(34(28)42)12-13-31-39(7)17-16-32(50-33(46)22-37(3,4)36(48)49)38(5,6)30(39)15-18-41(31,40)9/h10-11,23,28-32,34H,1,12-22,24H2,2-9H3,(H,45,47)(H,48,49)/t28-,29+,30-,31+,32-,34+,39-,40+,41+,42-/m0/s1. The van der Waals surface area contributed by atoms with Crippen LogP contribution in [0.25, 0.3) is 0 Å². The number of carbonyl (C=O) groups is 3. The van der Waals surface area contributed by atoms with Crippen molar-refractivity contribution >= 4 is 29.4 Å². The van der Waals surface area contributed by atoms with Crippen LogP contribution in [0.1, 0.15) is 132 Å².